The molecule has 0 fully saturated rings. The lowest BCUT2D eigenvalue weighted by Gasteiger charge is -2.08. The molecular formula is C12H18FNO2S. The van der Waals surface area contributed by atoms with E-state index in [1.165, 1.54) is 7.11 Å². The van der Waals surface area contributed by atoms with Crippen LogP contribution in [0.1, 0.15) is 18.9 Å². The molecule has 0 saturated carbocycles. The second-order valence-corrected chi connectivity index (χ2v) is 5.56. The van der Waals surface area contributed by atoms with E-state index in [1.807, 2.05) is 6.92 Å². The van der Waals surface area contributed by atoms with Gasteiger partial charge in [-0.3, -0.25) is 4.21 Å². The van der Waals surface area contributed by atoms with E-state index >= 15 is 0 Å². The van der Waals surface area contributed by atoms with E-state index < -0.39 is 16.6 Å². The van der Waals surface area contributed by atoms with Gasteiger partial charge in [-0.15, -0.1) is 0 Å². The Morgan fingerprint density at radius 1 is 1.53 bits per heavy atom. The molecule has 0 amide bonds. The van der Waals surface area contributed by atoms with E-state index in [-0.39, 0.29) is 17.5 Å². The highest BCUT2D eigenvalue weighted by molar-refractivity contribution is 7.84. The highest BCUT2D eigenvalue weighted by Gasteiger charge is 2.11. The molecule has 3 nitrogen and oxygen atoms in total. The number of benzene rings is 1. The molecule has 0 aliphatic carbocycles. The van der Waals surface area contributed by atoms with Gasteiger partial charge in [0.2, 0.25) is 0 Å². The largest absolute Gasteiger partial charge is 0.494 e. The quantitative estimate of drug-likeness (QED) is 0.848. The summed E-state index contributed by atoms with van der Waals surface area (Å²) in [6, 6.07) is 4.89. The minimum absolute atomic E-state index is 0.0223. The molecule has 0 spiro atoms. The monoisotopic (exact) mass is 259 g/mol. The first-order valence-corrected chi connectivity index (χ1v) is 6.95. The second-order valence-electron chi connectivity index (χ2n) is 3.99. The summed E-state index contributed by atoms with van der Waals surface area (Å²) < 4.78 is 30.3. The Hall–Kier alpha value is -0.940. The van der Waals surface area contributed by atoms with Crippen molar-refractivity contribution in [1.29, 1.82) is 0 Å². The van der Waals surface area contributed by atoms with Gasteiger partial charge in [0.25, 0.3) is 0 Å². The SMILES string of the molecule is COc1cccc(CS(=O)CCC(C)N)c1F. The van der Waals surface area contributed by atoms with Crippen LogP contribution in [0.4, 0.5) is 4.39 Å². The van der Waals surface area contributed by atoms with Crippen LogP contribution >= 0.6 is 0 Å². The predicted octanol–water partition coefficient (Wildman–Crippen LogP) is 1.82. The van der Waals surface area contributed by atoms with Crippen molar-refractivity contribution >= 4 is 10.8 Å². The van der Waals surface area contributed by atoms with Crippen molar-refractivity contribution in [1.82, 2.24) is 0 Å². The van der Waals surface area contributed by atoms with Crippen molar-refractivity contribution in [3.05, 3.63) is 29.6 Å². The summed E-state index contributed by atoms with van der Waals surface area (Å²) in [5.41, 5.74) is 6.00. The fourth-order valence-corrected chi connectivity index (χ4v) is 2.74. The van der Waals surface area contributed by atoms with Crippen molar-refractivity contribution in [3.63, 3.8) is 0 Å². The van der Waals surface area contributed by atoms with Gasteiger partial charge < -0.3 is 10.5 Å². The molecule has 0 saturated heterocycles. The molecule has 2 N–H and O–H groups in total. The molecule has 1 rings (SSSR count). The molecule has 0 bridgehead atoms. The third-order valence-electron chi connectivity index (χ3n) is 2.38. The van der Waals surface area contributed by atoms with Crippen LogP contribution in [-0.2, 0) is 16.6 Å². The molecule has 2 unspecified atom stereocenters. The first-order valence-electron chi connectivity index (χ1n) is 5.46. The van der Waals surface area contributed by atoms with E-state index in [0.717, 1.165) is 0 Å². The highest BCUT2D eigenvalue weighted by atomic mass is 32.2. The molecule has 2 atom stereocenters. The highest BCUT2D eigenvalue weighted by Crippen LogP contribution is 2.21. The summed E-state index contributed by atoms with van der Waals surface area (Å²) in [6.45, 7) is 1.86. The Morgan fingerprint density at radius 3 is 2.82 bits per heavy atom. The third-order valence-corrected chi connectivity index (χ3v) is 3.70. The maximum Gasteiger partial charge on any atom is 0.169 e. The Balaban J connectivity index is 2.65. The lowest BCUT2D eigenvalue weighted by molar-refractivity contribution is 0.385. The van der Waals surface area contributed by atoms with E-state index in [1.54, 1.807) is 18.2 Å². The molecule has 1 aromatic carbocycles. The average Bonchev–Trinajstić information content (AvgIpc) is 2.29. The molecule has 0 aliphatic heterocycles. The zero-order valence-corrected chi connectivity index (χ0v) is 10.9. The van der Waals surface area contributed by atoms with E-state index in [2.05, 4.69) is 0 Å². The third kappa shape index (κ3) is 4.44. The van der Waals surface area contributed by atoms with Crippen LogP contribution < -0.4 is 10.5 Å². The Bertz CT molecular complexity index is 396. The Kier molecular flexibility index (Phi) is 5.58. The van der Waals surface area contributed by atoms with Gasteiger partial charge in [0.1, 0.15) is 0 Å². The molecule has 0 heterocycles. The van der Waals surface area contributed by atoms with Gasteiger partial charge in [-0.1, -0.05) is 12.1 Å². The summed E-state index contributed by atoms with van der Waals surface area (Å²) in [7, 11) is 0.324. The summed E-state index contributed by atoms with van der Waals surface area (Å²) >= 11 is 0. The van der Waals surface area contributed by atoms with Crippen LogP contribution in [0, 0.1) is 5.82 Å². The lowest BCUT2D eigenvalue weighted by atomic mass is 10.2. The fourth-order valence-electron chi connectivity index (χ4n) is 1.39. The van der Waals surface area contributed by atoms with Gasteiger partial charge in [-0.25, -0.2) is 4.39 Å². The number of nitrogens with two attached hydrogens (primary N) is 1. The van der Waals surface area contributed by atoms with Crippen molar-refractivity contribution in [2.75, 3.05) is 12.9 Å². The number of methoxy groups -OCH3 is 1. The van der Waals surface area contributed by atoms with Crippen molar-refractivity contribution in [3.8, 4) is 5.75 Å². The molecule has 96 valence electrons. The van der Waals surface area contributed by atoms with Crippen molar-refractivity contribution in [2.24, 2.45) is 5.73 Å². The fraction of sp³-hybridized carbons (Fsp3) is 0.500. The van der Waals surface area contributed by atoms with Gasteiger partial charge in [-0.2, -0.15) is 0 Å². The van der Waals surface area contributed by atoms with Crippen LogP contribution in [0.15, 0.2) is 18.2 Å². The minimum Gasteiger partial charge on any atom is -0.494 e. The van der Waals surface area contributed by atoms with Crippen molar-refractivity contribution in [2.45, 2.75) is 25.1 Å². The van der Waals surface area contributed by atoms with Gasteiger partial charge in [0.15, 0.2) is 11.6 Å². The van der Waals surface area contributed by atoms with Crippen LogP contribution in [0.3, 0.4) is 0 Å². The number of hydrogen-bond donors (Lipinski definition) is 1. The first kappa shape index (κ1) is 14.1. The van der Waals surface area contributed by atoms with E-state index in [0.29, 0.717) is 17.7 Å². The Morgan fingerprint density at radius 2 is 2.24 bits per heavy atom. The van der Waals surface area contributed by atoms with Crippen LogP contribution in [0.2, 0.25) is 0 Å². The molecule has 0 aromatic heterocycles. The number of halogens is 1. The minimum atomic E-state index is -1.09. The maximum absolute atomic E-state index is 13.7. The average molecular weight is 259 g/mol. The zero-order chi connectivity index (χ0) is 12.8. The molecular weight excluding hydrogens is 241 g/mol. The lowest BCUT2D eigenvalue weighted by Crippen LogP contribution is -2.18. The predicted molar refractivity (Wildman–Crippen MR) is 67.9 cm³/mol. The summed E-state index contributed by atoms with van der Waals surface area (Å²) in [5.74, 6) is 0.459. The number of rotatable bonds is 6. The molecule has 1 aromatic rings. The smallest absolute Gasteiger partial charge is 0.169 e. The van der Waals surface area contributed by atoms with Crippen LogP contribution in [0.25, 0.3) is 0 Å². The molecule has 5 heteroatoms. The topological polar surface area (TPSA) is 52.3 Å². The standard InChI is InChI=1S/C12H18FNO2S/c1-9(14)6-7-17(15)8-10-4-3-5-11(16-2)12(10)13/h3-5,9H,6-8,14H2,1-2H3. The number of ether oxygens (including phenoxy) is 1. The van der Waals surface area contributed by atoms with Crippen LogP contribution in [-0.4, -0.2) is 23.1 Å². The van der Waals surface area contributed by atoms with Gasteiger partial charge in [0.05, 0.1) is 12.9 Å². The summed E-state index contributed by atoms with van der Waals surface area (Å²) in [4.78, 5) is 0. The maximum atomic E-state index is 13.7. The Labute approximate surface area is 104 Å². The molecule has 0 radical (unpaired) electrons. The van der Waals surface area contributed by atoms with Gasteiger partial charge >= 0.3 is 0 Å². The number of hydrogen-bond acceptors (Lipinski definition) is 3. The van der Waals surface area contributed by atoms with E-state index in [9.17, 15) is 8.60 Å². The zero-order valence-electron chi connectivity index (χ0n) is 10.1. The van der Waals surface area contributed by atoms with E-state index in [4.69, 9.17) is 10.5 Å². The van der Waals surface area contributed by atoms with Gasteiger partial charge in [0, 0.05) is 28.2 Å². The second kappa shape index (κ2) is 6.71. The summed E-state index contributed by atoms with van der Waals surface area (Å²) in [5, 5.41) is 0. The first-order chi connectivity index (χ1) is 8.04. The normalized spacial score (nSPS) is 14.4. The van der Waals surface area contributed by atoms with Crippen LogP contribution in [0.5, 0.6) is 5.75 Å². The summed E-state index contributed by atoms with van der Waals surface area (Å²) in [6.07, 6.45) is 0.679. The molecule has 17 heavy (non-hydrogen) atoms. The molecule has 0 aliphatic rings. The van der Waals surface area contributed by atoms with Crippen molar-refractivity contribution < 1.29 is 13.3 Å². The van der Waals surface area contributed by atoms with Gasteiger partial charge in [-0.05, 0) is 19.4 Å².